The fourth-order valence-corrected chi connectivity index (χ4v) is 2.99. The van der Waals surface area contributed by atoms with E-state index in [1.807, 2.05) is 13.0 Å². The number of para-hydroxylation sites is 1. The number of nitrogens with two attached hydrogens (primary N) is 1. The minimum Gasteiger partial charge on any atom is -0.358 e. The smallest absolute Gasteiger partial charge is 0.110 e. The zero-order chi connectivity index (χ0) is 12.7. The Balaban J connectivity index is 2.21. The topological polar surface area (TPSA) is 54.7 Å². The van der Waals surface area contributed by atoms with Gasteiger partial charge in [0.25, 0.3) is 0 Å². The van der Waals surface area contributed by atoms with Gasteiger partial charge in [-0.3, -0.25) is 0 Å². The third kappa shape index (κ3) is 1.74. The van der Waals surface area contributed by atoms with Crippen LogP contribution in [0.3, 0.4) is 0 Å². The van der Waals surface area contributed by atoms with E-state index >= 15 is 0 Å². The van der Waals surface area contributed by atoms with Crippen LogP contribution in [0.5, 0.6) is 0 Å². The Hall–Kier alpha value is -1.65. The van der Waals surface area contributed by atoms with Crippen molar-refractivity contribution in [3.05, 3.63) is 40.3 Å². The van der Waals surface area contributed by atoms with Gasteiger partial charge in [-0.05, 0) is 19.9 Å². The average Bonchev–Trinajstić information content (AvgIpc) is 2.91. The Morgan fingerprint density at radius 2 is 2.11 bits per heavy atom. The standard InChI is InChI=1S/C14H15N3S/c1-8(15)14-17-12(7-18-14)13-9(2)16-11-6-4-3-5-10(11)13/h3-8,16H,15H2,1-2H3. The lowest BCUT2D eigenvalue weighted by atomic mass is 10.1. The predicted molar refractivity (Wildman–Crippen MR) is 76.7 cm³/mol. The van der Waals surface area contributed by atoms with Crippen LogP contribution in [0, 0.1) is 6.92 Å². The Bertz CT molecular complexity index is 694. The van der Waals surface area contributed by atoms with Crippen molar-refractivity contribution in [1.29, 1.82) is 0 Å². The lowest BCUT2D eigenvalue weighted by Gasteiger charge is -1.99. The zero-order valence-corrected chi connectivity index (χ0v) is 11.2. The molecule has 0 aliphatic rings. The normalized spacial score (nSPS) is 13.1. The summed E-state index contributed by atoms with van der Waals surface area (Å²) < 4.78 is 0. The first kappa shape index (κ1) is 11.4. The van der Waals surface area contributed by atoms with Gasteiger partial charge in [0.05, 0.1) is 11.7 Å². The van der Waals surface area contributed by atoms with Crippen LogP contribution in [0.2, 0.25) is 0 Å². The van der Waals surface area contributed by atoms with Crippen LogP contribution in [-0.2, 0) is 0 Å². The zero-order valence-electron chi connectivity index (χ0n) is 10.4. The number of nitrogens with zero attached hydrogens (tertiary/aromatic N) is 1. The first-order chi connectivity index (χ1) is 8.66. The first-order valence-electron chi connectivity index (χ1n) is 5.95. The summed E-state index contributed by atoms with van der Waals surface area (Å²) in [5, 5.41) is 4.28. The van der Waals surface area contributed by atoms with Crippen molar-refractivity contribution in [2.24, 2.45) is 5.73 Å². The summed E-state index contributed by atoms with van der Waals surface area (Å²) in [6.07, 6.45) is 0. The molecule has 0 bridgehead atoms. The minimum atomic E-state index is -0.00531. The van der Waals surface area contributed by atoms with Crippen molar-refractivity contribution < 1.29 is 0 Å². The number of aromatic nitrogens is 2. The second-order valence-electron chi connectivity index (χ2n) is 4.53. The highest BCUT2D eigenvalue weighted by Gasteiger charge is 2.14. The van der Waals surface area contributed by atoms with Crippen LogP contribution in [0.25, 0.3) is 22.2 Å². The highest BCUT2D eigenvalue weighted by Crippen LogP contribution is 2.33. The van der Waals surface area contributed by atoms with Crippen molar-refractivity contribution in [2.75, 3.05) is 0 Å². The van der Waals surface area contributed by atoms with Crippen molar-refractivity contribution >= 4 is 22.2 Å². The highest BCUT2D eigenvalue weighted by atomic mass is 32.1. The van der Waals surface area contributed by atoms with Gasteiger partial charge in [0.1, 0.15) is 5.01 Å². The summed E-state index contributed by atoms with van der Waals surface area (Å²) in [4.78, 5) is 8.03. The number of nitrogens with one attached hydrogen (secondary N) is 1. The fraction of sp³-hybridized carbons (Fsp3) is 0.214. The molecule has 0 saturated carbocycles. The molecular formula is C14H15N3S. The van der Waals surface area contributed by atoms with Gasteiger partial charge in [-0.1, -0.05) is 18.2 Å². The van der Waals surface area contributed by atoms with Gasteiger partial charge < -0.3 is 10.7 Å². The molecule has 0 fully saturated rings. The third-order valence-corrected chi connectivity index (χ3v) is 4.11. The van der Waals surface area contributed by atoms with E-state index in [1.165, 1.54) is 10.9 Å². The molecule has 3 N–H and O–H groups in total. The van der Waals surface area contributed by atoms with E-state index < -0.39 is 0 Å². The molecule has 0 spiro atoms. The largest absolute Gasteiger partial charge is 0.358 e. The lowest BCUT2D eigenvalue weighted by molar-refractivity contribution is 0.808. The fourth-order valence-electron chi connectivity index (χ4n) is 2.22. The quantitative estimate of drug-likeness (QED) is 0.736. The number of hydrogen-bond acceptors (Lipinski definition) is 3. The van der Waals surface area contributed by atoms with Crippen molar-refractivity contribution in [3.8, 4) is 11.3 Å². The molecule has 0 radical (unpaired) electrons. The molecular weight excluding hydrogens is 242 g/mol. The molecule has 2 heterocycles. The lowest BCUT2D eigenvalue weighted by Crippen LogP contribution is -2.03. The van der Waals surface area contributed by atoms with E-state index in [1.54, 1.807) is 11.3 Å². The molecule has 0 amide bonds. The molecule has 18 heavy (non-hydrogen) atoms. The third-order valence-electron chi connectivity index (χ3n) is 3.06. The molecule has 0 aliphatic heterocycles. The highest BCUT2D eigenvalue weighted by molar-refractivity contribution is 7.10. The van der Waals surface area contributed by atoms with Crippen LogP contribution < -0.4 is 5.73 Å². The summed E-state index contributed by atoms with van der Waals surface area (Å²) in [6.45, 7) is 4.05. The molecule has 1 unspecified atom stereocenters. The van der Waals surface area contributed by atoms with Crippen LogP contribution in [-0.4, -0.2) is 9.97 Å². The van der Waals surface area contributed by atoms with Gasteiger partial charge in [0, 0.05) is 27.5 Å². The van der Waals surface area contributed by atoms with E-state index in [2.05, 4.69) is 40.5 Å². The predicted octanol–water partition coefficient (Wildman–Crippen LogP) is 3.62. The maximum absolute atomic E-state index is 5.87. The summed E-state index contributed by atoms with van der Waals surface area (Å²) in [5.41, 5.74) is 10.4. The van der Waals surface area contributed by atoms with Crippen molar-refractivity contribution in [1.82, 2.24) is 9.97 Å². The Kier molecular flexibility index (Phi) is 2.69. The van der Waals surface area contributed by atoms with Crippen LogP contribution in [0.4, 0.5) is 0 Å². The first-order valence-corrected chi connectivity index (χ1v) is 6.83. The van der Waals surface area contributed by atoms with Gasteiger partial charge in [0.2, 0.25) is 0 Å². The van der Waals surface area contributed by atoms with Gasteiger partial charge in [-0.15, -0.1) is 11.3 Å². The number of aryl methyl sites for hydroxylation is 1. The van der Waals surface area contributed by atoms with Gasteiger partial charge in [-0.25, -0.2) is 4.98 Å². The number of aromatic amines is 1. The summed E-state index contributed by atoms with van der Waals surface area (Å²) >= 11 is 1.62. The summed E-state index contributed by atoms with van der Waals surface area (Å²) in [5.74, 6) is 0. The summed E-state index contributed by atoms with van der Waals surface area (Å²) in [6, 6.07) is 8.30. The number of H-pyrrole nitrogens is 1. The molecule has 4 heteroatoms. The maximum Gasteiger partial charge on any atom is 0.110 e. The second kappa shape index (κ2) is 4.23. The van der Waals surface area contributed by atoms with E-state index in [4.69, 9.17) is 5.73 Å². The Morgan fingerprint density at radius 1 is 1.33 bits per heavy atom. The van der Waals surface area contributed by atoms with E-state index in [0.29, 0.717) is 0 Å². The second-order valence-corrected chi connectivity index (χ2v) is 5.42. The van der Waals surface area contributed by atoms with E-state index in [-0.39, 0.29) is 6.04 Å². The number of thiazole rings is 1. The molecule has 0 saturated heterocycles. The molecule has 0 aliphatic carbocycles. The van der Waals surface area contributed by atoms with E-state index in [9.17, 15) is 0 Å². The number of hydrogen-bond donors (Lipinski definition) is 2. The average molecular weight is 257 g/mol. The molecule has 3 nitrogen and oxygen atoms in total. The molecule has 3 aromatic rings. The van der Waals surface area contributed by atoms with Crippen molar-refractivity contribution in [2.45, 2.75) is 19.9 Å². The molecule has 2 aromatic heterocycles. The number of rotatable bonds is 2. The van der Waals surface area contributed by atoms with Crippen LogP contribution in [0.15, 0.2) is 29.6 Å². The minimum absolute atomic E-state index is 0.00531. The molecule has 92 valence electrons. The van der Waals surface area contributed by atoms with Crippen LogP contribution >= 0.6 is 11.3 Å². The molecule has 1 aromatic carbocycles. The monoisotopic (exact) mass is 257 g/mol. The number of benzene rings is 1. The Labute approximate surface area is 110 Å². The number of fused-ring (bicyclic) bond motifs is 1. The van der Waals surface area contributed by atoms with Crippen LogP contribution in [0.1, 0.15) is 23.7 Å². The Morgan fingerprint density at radius 3 is 2.83 bits per heavy atom. The van der Waals surface area contributed by atoms with E-state index in [0.717, 1.165) is 21.9 Å². The summed E-state index contributed by atoms with van der Waals surface area (Å²) in [7, 11) is 0. The van der Waals surface area contributed by atoms with Gasteiger partial charge in [0.15, 0.2) is 0 Å². The SMILES string of the molecule is Cc1[nH]c2ccccc2c1-c1csc(C(C)N)n1. The maximum atomic E-state index is 5.87. The molecule has 3 rings (SSSR count). The van der Waals surface area contributed by atoms with Gasteiger partial charge >= 0.3 is 0 Å². The molecule has 1 atom stereocenters. The van der Waals surface area contributed by atoms with Crippen molar-refractivity contribution in [3.63, 3.8) is 0 Å². The van der Waals surface area contributed by atoms with Gasteiger partial charge in [-0.2, -0.15) is 0 Å².